The van der Waals surface area contributed by atoms with Crippen LogP contribution in [0.15, 0.2) is 53.5 Å². The molecule has 35 heavy (non-hydrogen) atoms. The first kappa shape index (κ1) is 26.0. The Morgan fingerprint density at radius 2 is 1.60 bits per heavy atom. The molecule has 2 aromatic rings. The minimum absolute atomic E-state index is 0.280. The number of thiocarbonyl (C=S) groups is 1. The lowest BCUT2D eigenvalue weighted by molar-refractivity contribution is 0.141. The summed E-state index contributed by atoms with van der Waals surface area (Å²) in [6.07, 6.45) is 4.98. The van der Waals surface area contributed by atoms with Crippen LogP contribution in [-0.4, -0.2) is 34.6 Å². The van der Waals surface area contributed by atoms with Crippen LogP contribution in [-0.2, 0) is 13.6 Å². The van der Waals surface area contributed by atoms with Gasteiger partial charge in [-0.25, -0.2) is 4.99 Å². The number of para-hydroxylation sites is 1. The van der Waals surface area contributed by atoms with Crippen LogP contribution in [0.1, 0.15) is 68.4 Å². The van der Waals surface area contributed by atoms with Crippen LogP contribution < -0.4 is 5.32 Å². The summed E-state index contributed by atoms with van der Waals surface area (Å²) in [4.78, 5) is 7.02. The second kappa shape index (κ2) is 10.9. The predicted molar refractivity (Wildman–Crippen MR) is 147 cm³/mol. The standard InChI is InChI=1S/C27H36N3O3PS/c1-5-32-34(31,33-6-2)24(22-16-9-7-10-17-22)30-26(35)29-25(27(30)18-11-8-12-19-27)28-23-20(3)14-13-15-21(23)4/h7,9-10,13-17,24H,5-6,8,11-12,18-19H2,1-4H3,(H,28,29,35). The summed E-state index contributed by atoms with van der Waals surface area (Å²) in [6.45, 7) is 8.44. The molecule has 188 valence electrons. The van der Waals surface area contributed by atoms with Gasteiger partial charge in [0.05, 0.1) is 13.2 Å². The molecule has 0 bridgehead atoms. The van der Waals surface area contributed by atoms with E-state index in [9.17, 15) is 4.57 Å². The van der Waals surface area contributed by atoms with Crippen LogP contribution in [0.3, 0.4) is 0 Å². The highest BCUT2D eigenvalue weighted by Crippen LogP contribution is 2.65. The Hall–Kier alpha value is -2.05. The molecule has 1 heterocycles. The Labute approximate surface area is 214 Å². The van der Waals surface area contributed by atoms with E-state index in [1.165, 1.54) is 0 Å². The van der Waals surface area contributed by atoms with Gasteiger partial charge >= 0.3 is 7.60 Å². The molecular weight excluding hydrogens is 477 g/mol. The van der Waals surface area contributed by atoms with Crippen molar-refractivity contribution in [1.82, 2.24) is 4.90 Å². The maximum Gasteiger partial charge on any atom is 0.357 e. The fraction of sp³-hybridized carbons (Fsp3) is 0.481. The first-order valence-electron chi connectivity index (χ1n) is 12.6. The van der Waals surface area contributed by atoms with E-state index in [1.807, 2.05) is 44.2 Å². The van der Waals surface area contributed by atoms with Gasteiger partial charge in [-0.15, -0.1) is 0 Å². The molecule has 1 aliphatic heterocycles. The lowest BCUT2D eigenvalue weighted by atomic mass is 9.79. The molecule has 1 aliphatic carbocycles. The van der Waals surface area contributed by atoms with Crippen molar-refractivity contribution < 1.29 is 13.6 Å². The van der Waals surface area contributed by atoms with Crippen LogP contribution in [0.5, 0.6) is 0 Å². The highest BCUT2D eigenvalue weighted by atomic mass is 32.1. The van der Waals surface area contributed by atoms with Crippen LogP contribution in [0, 0.1) is 13.8 Å². The lowest BCUT2D eigenvalue weighted by Crippen LogP contribution is -2.56. The van der Waals surface area contributed by atoms with Gasteiger partial charge in [-0.1, -0.05) is 67.8 Å². The molecule has 1 N–H and O–H groups in total. The van der Waals surface area contributed by atoms with Crippen LogP contribution in [0.2, 0.25) is 0 Å². The minimum Gasteiger partial charge on any atom is -0.341 e. The van der Waals surface area contributed by atoms with Gasteiger partial charge in [0.1, 0.15) is 11.4 Å². The Kier molecular flexibility index (Phi) is 8.12. The summed E-state index contributed by atoms with van der Waals surface area (Å²) in [5.74, 6) is 0.148. The van der Waals surface area contributed by atoms with Gasteiger partial charge in [0.15, 0.2) is 10.9 Å². The average Bonchev–Trinajstić information content (AvgIpc) is 3.08. The van der Waals surface area contributed by atoms with E-state index in [1.54, 1.807) is 0 Å². The number of hydrogen-bond donors (Lipinski definition) is 1. The van der Waals surface area contributed by atoms with E-state index < -0.39 is 18.9 Å². The quantitative estimate of drug-likeness (QED) is 0.293. The van der Waals surface area contributed by atoms with E-state index >= 15 is 0 Å². The van der Waals surface area contributed by atoms with Crippen molar-refractivity contribution in [3.8, 4) is 0 Å². The highest BCUT2D eigenvalue weighted by Gasteiger charge is 2.56. The zero-order chi connectivity index (χ0) is 25.1. The molecule has 1 unspecified atom stereocenters. The fourth-order valence-corrected chi connectivity index (χ4v) is 8.09. The molecule has 0 aromatic heterocycles. The number of nitrogens with zero attached hydrogens (tertiary/aromatic N) is 2. The fourth-order valence-electron chi connectivity index (χ4n) is 5.41. The van der Waals surface area contributed by atoms with Crippen molar-refractivity contribution in [2.75, 3.05) is 18.5 Å². The van der Waals surface area contributed by atoms with Crippen LogP contribution >= 0.6 is 19.8 Å². The second-order valence-corrected chi connectivity index (χ2v) is 11.7. The molecule has 2 aromatic carbocycles. The Morgan fingerprint density at radius 1 is 1.00 bits per heavy atom. The summed E-state index contributed by atoms with van der Waals surface area (Å²) in [6, 6.07) is 16.1. The lowest BCUT2D eigenvalue weighted by Gasteiger charge is -2.47. The molecule has 1 fully saturated rings. The number of anilines is 1. The first-order valence-corrected chi connectivity index (χ1v) is 14.6. The largest absolute Gasteiger partial charge is 0.357 e. The third-order valence-corrected chi connectivity index (χ3v) is 9.63. The zero-order valence-corrected chi connectivity index (χ0v) is 22.8. The highest BCUT2D eigenvalue weighted by molar-refractivity contribution is 7.80. The molecule has 1 atom stereocenters. The summed E-state index contributed by atoms with van der Waals surface area (Å²) in [5.41, 5.74) is 3.70. The Balaban J connectivity index is 1.86. The molecule has 2 aliphatic rings. The summed E-state index contributed by atoms with van der Waals surface area (Å²) in [5, 5.41) is 4.09. The molecule has 0 amide bonds. The summed E-state index contributed by atoms with van der Waals surface area (Å²) in [7, 11) is -3.62. The normalized spacial score (nSPS) is 18.6. The molecule has 0 saturated heterocycles. The average molecular weight is 514 g/mol. The molecule has 6 nitrogen and oxygen atoms in total. The van der Waals surface area contributed by atoms with E-state index in [-0.39, 0.29) is 13.2 Å². The SMILES string of the molecule is CCOP(=O)(OCC)C(c1ccccc1)N1C(=S)N=C(Nc2c(C)cccc2C)C12CCCCC2. The second-order valence-electron chi connectivity index (χ2n) is 9.26. The van der Waals surface area contributed by atoms with Gasteiger partial charge in [-0.05, 0) is 69.4 Å². The molecule has 8 heteroatoms. The smallest absolute Gasteiger partial charge is 0.341 e. The molecule has 1 saturated carbocycles. The van der Waals surface area contributed by atoms with Gasteiger partial charge in [0.2, 0.25) is 0 Å². The molecule has 4 rings (SSSR count). The predicted octanol–water partition coefficient (Wildman–Crippen LogP) is 7.38. The Bertz CT molecular complexity index is 1100. The number of aliphatic imine (C=N–C) groups is 1. The molecular formula is C27H36N3O3PS. The number of nitrogens with one attached hydrogen (secondary N) is 1. The van der Waals surface area contributed by atoms with Crippen molar-refractivity contribution in [2.24, 2.45) is 4.99 Å². The van der Waals surface area contributed by atoms with Crippen molar-refractivity contribution >= 4 is 36.4 Å². The Morgan fingerprint density at radius 3 is 2.17 bits per heavy atom. The number of hydrogen-bond acceptors (Lipinski definition) is 5. The van der Waals surface area contributed by atoms with E-state index in [2.05, 4.69) is 42.3 Å². The summed E-state index contributed by atoms with van der Waals surface area (Å²) < 4.78 is 26.3. The number of benzene rings is 2. The first-order chi connectivity index (χ1) is 16.9. The van der Waals surface area contributed by atoms with Gasteiger partial charge in [0.25, 0.3) is 0 Å². The van der Waals surface area contributed by atoms with Gasteiger partial charge < -0.3 is 19.3 Å². The summed E-state index contributed by atoms with van der Waals surface area (Å²) >= 11 is 5.93. The monoisotopic (exact) mass is 513 g/mol. The van der Waals surface area contributed by atoms with Crippen LogP contribution in [0.25, 0.3) is 0 Å². The third-order valence-electron chi connectivity index (χ3n) is 6.98. The number of amidine groups is 1. The third kappa shape index (κ3) is 4.97. The van der Waals surface area contributed by atoms with Crippen molar-refractivity contribution in [2.45, 2.75) is 71.1 Å². The van der Waals surface area contributed by atoms with Crippen molar-refractivity contribution in [3.05, 3.63) is 65.2 Å². The zero-order valence-electron chi connectivity index (χ0n) is 21.1. The van der Waals surface area contributed by atoms with Gasteiger partial charge in [-0.3, -0.25) is 4.57 Å². The van der Waals surface area contributed by atoms with Crippen molar-refractivity contribution in [3.63, 3.8) is 0 Å². The van der Waals surface area contributed by atoms with Crippen molar-refractivity contribution in [1.29, 1.82) is 0 Å². The van der Waals surface area contributed by atoms with E-state index in [4.69, 9.17) is 26.3 Å². The number of rotatable bonds is 8. The minimum atomic E-state index is -3.62. The molecule has 1 spiro atoms. The van der Waals surface area contributed by atoms with Gasteiger partial charge in [0, 0.05) is 5.69 Å². The maximum absolute atomic E-state index is 14.4. The van der Waals surface area contributed by atoms with Crippen LogP contribution in [0.4, 0.5) is 5.69 Å². The molecule has 0 radical (unpaired) electrons. The number of aryl methyl sites for hydroxylation is 2. The van der Waals surface area contributed by atoms with Gasteiger partial charge in [-0.2, -0.15) is 0 Å². The topological polar surface area (TPSA) is 63.2 Å². The van der Waals surface area contributed by atoms with E-state index in [0.717, 1.165) is 60.3 Å². The maximum atomic E-state index is 14.4. The van der Waals surface area contributed by atoms with E-state index in [0.29, 0.717) is 5.11 Å².